The average Bonchev–Trinajstić information content (AvgIpc) is 3.13. The van der Waals surface area contributed by atoms with Gasteiger partial charge in [0.2, 0.25) is 0 Å². The molecule has 0 saturated carbocycles. The van der Waals surface area contributed by atoms with Gasteiger partial charge in [0.25, 0.3) is 0 Å². The Morgan fingerprint density at radius 2 is 1.05 bits per heavy atom. The van der Waals surface area contributed by atoms with E-state index >= 15 is 0 Å². The first kappa shape index (κ1) is 49.3. The van der Waals surface area contributed by atoms with Crippen molar-refractivity contribution >= 4 is 98.0 Å². The zero-order valence-corrected chi connectivity index (χ0v) is 33.9. The van der Waals surface area contributed by atoms with E-state index in [0.29, 0.717) is 29.2 Å². The van der Waals surface area contributed by atoms with Crippen LogP contribution >= 0.6 is 0 Å². The van der Waals surface area contributed by atoms with Gasteiger partial charge in [-0.2, -0.15) is 15.3 Å². The van der Waals surface area contributed by atoms with Gasteiger partial charge in [-0.05, 0) is 84.2 Å². The Morgan fingerprint density at radius 3 is 1.63 bits per heavy atom. The molecule has 6 aromatic carbocycles. The largest absolute Gasteiger partial charge is 1.00 e. The van der Waals surface area contributed by atoms with Gasteiger partial charge in [0.15, 0.2) is 5.75 Å². The van der Waals surface area contributed by atoms with Crippen molar-refractivity contribution in [1.29, 1.82) is 0 Å². The van der Waals surface area contributed by atoms with Gasteiger partial charge in [-0.25, -0.2) is 25.3 Å². The number of benzene rings is 6. The Hall–Kier alpha value is -5.10. The van der Waals surface area contributed by atoms with Gasteiger partial charge in [-0.1, -0.05) is 18.2 Å². The first-order chi connectivity index (χ1) is 26.8. The second kappa shape index (κ2) is 19.5. The summed E-state index contributed by atoms with van der Waals surface area (Å²) < 4.78 is 111. The Balaban J connectivity index is 0.00000320. The number of anilines is 4. The molecule has 0 atom stereocenters. The molecule has 60 heavy (non-hydrogen) atoms. The number of azo groups is 3. The molecular weight excluding hydrogens is 827 g/mol. The predicted octanol–water partition coefficient (Wildman–Crippen LogP) is -1.87. The first-order valence-corrected chi connectivity index (χ1v) is 19.9. The van der Waals surface area contributed by atoms with E-state index in [1.807, 2.05) is 0 Å². The van der Waals surface area contributed by atoms with Gasteiger partial charge in [-0.15, -0.1) is 15.3 Å². The number of nitrogens with zero attached hydrogens (tertiary/aromatic N) is 6. The maximum absolute atomic E-state index is 12.4. The van der Waals surface area contributed by atoms with Crippen molar-refractivity contribution in [2.45, 2.75) is 14.7 Å². The molecule has 0 bridgehead atoms. The van der Waals surface area contributed by atoms with Gasteiger partial charge in [0, 0.05) is 11.8 Å². The summed E-state index contributed by atoms with van der Waals surface area (Å²) in [5, 5.41) is 45.6. The molecule has 0 aliphatic rings. The van der Waals surface area contributed by atoms with Crippen LogP contribution < -0.4 is 73.4 Å². The number of phenolic OH excluding ortho intramolecular Hbond substituents is 2. The van der Waals surface area contributed by atoms with Crippen LogP contribution in [0.2, 0.25) is 0 Å². The quantitative estimate of drug-likeness (QED) is 0.0413. The number of phenols is 2. The van der Waals surface area contributed by atoms with E-state index in [4.69, 9.17) is 11.5 Å². The Morgan fingerprint density at radius 1 is 0.533 bits per heavy atom. The number of nitrogens with one attached hydrogen (secondary N) is 1. The number of nitrogens with two attached hydrogens (primary N) is 2. The summed E-state index contributed by atoms with van der Waals surface area (Å²) in [6, 6.07) is 22.3. The van der Waals surface area contributed by atoms with E-state index in [2.05, 4.69) is 36.0 Å². The van der Waals surface area contributed by atoms with E-state index < -0.39 is 78.6 Å². The zero-order valence-electron chi connectivity index (χ0n) is 31.4. The van der Waals surface area contributed by atoms with Crippen LogP contribution in [0.15, 0.2) is 149 Å². The monoisotopic (exact) mass is 851 g/mol. The van der Waals surface area contributed by atoms with E-state index in [-0.39, 0.29) is 85.1 Å². The fraction of sp³-hybridized carbons (Fsp3) is 0. The molecule has 0 unspecified atom stereocenters. The molecule has 26 heteroatoms. The Kier molecular flexibility index (Phi) is 16.0. The molecule has 0 aromatic heterocycles. The van der Waals surface area contributed by atoms with E-state index in [1.165, 1.54) is 60.7 Å². The number of fused-ring (bicyclic) bond motifs is 1. The van der Waals surface area contributed by atoms with Crippen LogP contribution in [0, 0.1) is 0 Å². The minimum atomic E-state index is -5.48. The predicted molar refractivity (Wildman–Crippen MR) is 202 cm³/mol. The molecule has 0 aliphatic carbocycles. The summed E-state index contributed by atoms with van der Waals surface area (Å²) in [4.78, 5) is -3.09. The van der Waals surface area contributed by atoms with Crippen molar-refractivity contribution in [2.75, 3.05) is 16.8 Å². The third kappa shape index (κ3) is 11.4. The summed E-state index contributed by atoms with van der Waals surface area (Å²) in [5.41, 5.74) is 10.4. The zero-order chi connectivity index (χ0) is 41.3. The third-order valence-electron chi connectivity index (χ3n) is 7.81. The summed E-state index contributed by atoms with van der Waals surface area (Å²) in [6.45, 7) is 0. The number of hydrogen-bond acceptors (Lipinski definition) is 20. The topological polar surface area (TPSA) is 350 Å². The molecule has 0 radical (unpaired) electrons. The molecule has 6 rings (SSSR count). The molecule has 0 aliphatic heterocycles. The minimum Gasteiger partial charge on any atom is -0.744 e. The van der Waals surface area contributed by atoms with Gasteiger partial charge in [-0.3, -0.25) is 0 Å². The molecule has 0 fully saturated rings. The van der Waals surface area contributed by atoms with Gasteiger partial charge in [0.1, 0.15) is 53.2 Å². The first-order valence-electron chi connectivity index (χ1n) is 15.7. The maximum Gasteiger partial charge on any atom is 1.00 e. The molecular formula is C34H24Li3N9O11S3. The van der Waals surface area contributed by atoms with Crippen molar-refractivity contribution in [3.05, 3.63) is 103 Å². The molecule has 0 spiro atoms. The van der Waals surface area contributed by atoms with Crippen molar-refractivity contribution < 1.29 is 106 Å². The molecule has 0 amide bonds. The molecule has 6 aromatic rings. The van der Waals surface area contributed by atoms with Crippen LogP contribution in [-0.4, -0.2) is 49.1 Å². The Bertz CT molecular complexity index is 3020. The average molecular weight is 852 g/mol. The normalized spacial score (nSPS) is 12.0. The number of hydrogen-bond donors (Lipinski definition) is 5. The Labute approximate surface area is 377 Å². The van der Waals surface area contributed by atoms with Crippen molar-refractivity contribution in [2.24, 2.45) is 30.7 Å². The number of nitrogen functional groups attached to an aromatic ring is 2. The maximum atomic E-state index is 12.4. The van der Waals surface area contributed by atoms with Crippen LogP contribution in [0.1, 0.15) is 0 Å². The number of aromatic hydroxyl groups is 2. The fourth-order valence-electron chi connectivity index (χ4n) is 5.20. The number of rotatable bonds is 11. The van der Waals surface area contributed by atoms with Crippen molar-refractivity contribution in [3.8, 4) is 11.5 Å². The van der Waals surface area contributed by atoms with Crippen LogP contribution in [0.5, 0.6) is 11.5 Å². The van der Waals surface area contributed by atoms with Gasteiger partial charge in [0.05, 0.1) is 54.2 Å². The van der Waals surface area contributed by atoms with Crippen LogP contribution in [0.3, 0.4) is 0 Å². The smallest absolute Gasteiger partial charge is 0.744 e. The molecule has 0 saturated heterocycles. The van der Waals surface area contributed by atoms with Crippen molar-refractivity contribution in [3.63, 3.8) is 0 Å². The summed E-state index contributed by atoms with van der Waals surface area (Å²) >= 11 is 0. The third-order valence-corrected chi connectivity index (χ3v) is 10.4. The van der Waals surface area contributed by atoms with Crippen LogP contribution in [0.25, 0.3) is 10.8 Å². The van der Waals surface area contributed by atoms with Gasteiger partial charge >= 0.3 is 56.6 Å². The standard InChI is InChI=1S/C34H27N9O11S3.3Li/c35-24-17-23(44)11-13-25(24)41-38-21-8-6-19(7-9-21)37-26-12-10-22(16-27(26)55(46,47)48)40-42-32-28(56(49,50)51)14-18-15-29(57(52,53)54)33(34(45)30(18)31(32)36)43-39-20-4-2-1-3-5-20;;;/h1-17,37,44-45H,35-36H2,(H,46,47,48)(H,49,50,51)(H,52,53,54);;;/q;3*+1/p-3. The minimum absolute atomic E-state index is 0. The molecule has 20 nitrogen and oxygen atoms in total. The van der Waals surface area contributed by atoms with Crippen molar-refractivity contribution in [1.82, 2.24) is 0 Å². The van der Waals surface area contributed by atoms with E-state index in [9.17, 15) is 49.1 Å². The van der Waals surface area contributed by atoms with Gasteiger partial charge < -0.3 is 40.7 Å². The second-order valence-corrected chi connectivity index (χ2v) is 15.7. The molecule has 292 valence electrons. The summed E-state index contributed by atoms with van der Waals surface area (Å²) in [5.74, 6) is -1.09. The second-order valence-electron chi connectivity index (χ2n) is 11.7. The van der Waals surface area contributed by atoms with Crippen LogP contribution in [0.4, 0.5) is 56.9 Å². The van der Waals surface area contributed by atoms with E-state index in [1.54, 1.807) is 18.2 Å². The van der Waals surface area contributed by atoms with E-state index in [0.717, 1.165) is 12.1 Å². The summed E-state index contributed by atoms with van der Waals surface area (Å²) in [6.07, 6.45) is 0. The fourth-order valence-corrected chi connectivity index (χ4v) is 7.16. The van der Waals surface area contributed by atoms with Crippen LogP contribution in [-0.2, 0) is 30.4 Å². The SMILES string of the molecule is Nc1cc(O)ccc1N=Nc1ccc(Nc2ccc(N=Nc3c(S(=O)(=O)[O-])cc4cc(S(=O)(=O)[O-])c(N=Nc5ccccc5)c(O)c4c3N)cc2S(=O)(=O)[O-])cc1.[Li+].[Li+].[Li+]. The molecule has 7 N–H and O–H groups in total. The summed E-state index contributed by atoms with van der Waals surface area (Å²) in [7, 11) is -16.1. The molecule has 0 heterocycles.